The summed E-state index contributed by atoms with van der Waals surface area (Å²) in [4.78, 5) is 24.2. The largest absolute Gasteiger partial charge is 0.462 e. The van der Waals surface area contributed by atoms with Crippen LogP contribution in [0.25, 0.3) is 0 Å². The van der Waals surface area contributed by atoms with Crippen LogP contribution in [0.4, 0.5) is 5.69 Å². The van der Waals surface area contributed by atoms with Crippen LogP contribution >= 0.6 is 0 Å². The highest BCUT2D eigenvalue weighted by Gasteiger charge is 2.48. The number of hydrogen-bond acceptors (Lipinski definition) is 7. The second kappa shape index (κ2) is 9.10. The Kier molecular flexibility index (Phi) is 6.55. The molecule has 9 heteroatoms. The number of aliphatic hydroxyl groups is 3. The molecule has 1 aliphatic heterocycles. The zero-order valence-electron chi connectivity index (χ0n) is 15.8. The van der Waals surface area contributed by atoms with E-state index in [2.05, 4.69) is 5.32 Å². The van der Waals surface area contributed by atoms with Gasteiger partial charge in [-0.2, -0.15) is 4.57 Å². The molecule has 1 saturated heterocycles. The number of carbonyl (C=O) groups excluding carboxylic acids is 2. The Balaban J connectivity index is 1.71. The monoisotopic (exact) mass is 403 g/mol. The molecule has 1 aromatic carbocycles. The molecule has 0 aliphatic carbocycles. The van der Waals surface area contributed by atoms with E-state index in [0.29, 0.717) is 16.8 Å². The zero-order valence-corrected chi connectivity index (χ0v) is 15.8. The number of hydrogen-bond donors (Lipinski definition) is 4. The lowest BCUT2D eigenvalue weighted by Gasteiger charge is -2.11. The molecule has 2 heterocycles. The van der Waals surface area contributed by atoms with Crippen LogP contribution in [0.5, 0.6) is 0 Å². The third-order valence-corrected chi connectivity index (χ3v) is 4.55. The summed E-state index contributed by atoms with van der Waals surface area (Å²) in [6, 6.07) is 9.48. The van der Waals surface area contributed by atoms with Gasteiger partial charge in [0.05, 0.1) is 18.8 Å². The van der Waals surface area contributed by atoms with E-state index in [1.165, 1.54) is 10.8 Å². The first-order chi connectivity index (χ1) is 13.9. The first-order valence-electron chi connectivity index (χ1n) is 9.16. The molecule has 0 saturated carbocycles. The average Bonchev–Trinajstić information content (AvgIpc) is 3.03. The number of benzene rings is 1. The van der Waals surface area contributed by atoms with Crippen LogP contribution in [0, 0.1) is 0 Å². The number of esters is 1. The maximum absolute atomic E-state index is 12.6. The average molecular weight is 403 g/mol. The lowest BCUT2D eigenvalue weighted by molar-refractivity contribution is -0.765. The highest BCUT2D eigenvalue weighted by molar-refractivity contribution is 6.04. The SMILES string of the molecule is CCOC(=O)c1ccc(NC(=O)c2ccc[n+]([C@@H]3O[C@H](CO)[C@@H](O)[C@H]3O)c2)cc1. The van der Waals surface area contributed by atoms with E-state index >= 15 is 0 Å². The van der Waals surface area contributed by atoms with E-state index in [0.717, 1.165) is 0 Å². The maximum atomic E-state index is 12.6. The van der Waals surface area contributed by atoms with Crippen LogP contribution in [0.2, 0.25) is 0 Å². The molecule has 0 radical (unpaired) electrons. The summed E-state index contributed by atoms with van der Waals surface area (Å²) in [6.07, 6.45) is -1.25. The van der Waals surface area contributed by atoms with Crippen molar-refractivity contribution in [2.75, 3.05) is 18.5 Å². The summed E-state index contributed by atoms with van der Waals surface area (Å²) < 4.78 is 11.8. The van der Waals surface area contributed by atoms with Crippen molar-refractivity contribution in [3.8, 4) is 0 Å². The number of ether oxygens (including phenoxy) is 2. The second-order valence-corrected chi connectivity index (χ2v) is 6.52. The van der Waals surface area contributed by atoms with Crippen molar-refractivity contribution in [2.24, 2.45) is 0 Å². The first-order valence-corrected chi connectivity index (χ1v) is 9.16. The maximum Gasteiger partial charge on any atom is 0.338 e. The van der Waals surface area contributed by atoms with Gasteiger partial charge in [0, 0.05) is 11.8 Å². The third-order valence-electron chi connectivity index (χ3n) is 4.55. The fourth-order valence-corrected chi connectivity index (χ4v) is 3.02. The standard InChI is InChI=1S/C20H22N2O7/c1-2-28-20(27)12-5-7-14(8-6-12)21-18(26)13-4-3-9-22(10-13)19-17(25)16(24)15(11-23)29-19/h3-10,15-17,19,23-25H,2,11H2,1H3/p+1/t15-,16-,17-,19-/m1/s1. The van der Waals surface area contributed by atoms with Gasteiger partial charge in [0.1, 0.15) is 17.8 Å². The predicted octanol–water partition coefficient (Wildman–Crippen LogP) is 0.0146. The van der Waals surface area contributed by atoms with Crippen molar-refractivity contribution in [1.82, 2.24) is 0 Å². The number of nitrogens with one attached hydrogen (secondary N) is 1. The number of nitrogens with zero attached hydrogens (tertiary/aromatic N) is 1. The minimum atomic E-state index is -1.24. The molecular formula is C20H23N2O7+. The number of carbonyl (C=O) groups is 2. The van der Waals surface area contributed by atoms with Crippen LogP contribution in [-0.4, -0.2) is 58.7 Å². The first kappa shape index (κ1) is 20.9. The number of anilines is 1. The number of aliphatic hydroxyl groups excluding tert-OH is 3. The summed E-state index contributed by atoms with van der Waals surface area (Å²) in [7, 11) is 0. The molecule has 1 fully saturated rings. The number of pyridine rings is 1. The number of aromatic nitrogens is 1. The molecule has 9 nitrogen and oxygen atoms in total. The molecule has 3 rings (SSSR count). The minimum absolute atomic E-state index is 0.279. The Morgan fingerprint density at radius 2 is 1.86 bits per heavy atom. The smallest absolute Gasteiger partial charge is 0.338 e. The topological polar surface area (TPSA) is 129 Å². The fourth-order valence-electron chi connectivity index (χ4n) is 3.02. The van der Waals surface area contributed by atoms with Gasteiger partial charge >= 0.3 is 5.97 Å². The molecule has 0 spiro atoms. The lowest BCUT2D eigenvalue weighted by Crippen LogP contribution is -2.46. The van der Waals surface area contributed by atoms with Gasteiger partial charge in [-0.1, -0.05) is 0 Å². The minimum Gasteiger partial charge on any atom is -0.462 e. The van der Waals surface area contributed by atoms with Crippen molar-refractivity contribution in [3.05, 3.63) is 59.9 Å². The highest BCUT2D eigenvalue weighted by atomic mass is 16.6. The van der Waals surface area contributed by atoms with E-state index in [-0.39, 0.29) is 6.61 Å². The van der Waals surface area contributed by atoms with Crippen LogP contribution < -0.4 is 9.88 Å². The van der Waals surface area contributed by atoms with Crippen LogP contribution in [-0.2, 0) is 9.47 Å². The molecule has 4 N–H and O–H groups in total. The van der Waals surface area contributed by atoms with Crippen LogP contribution in [0.3, 0.4) is 0 Å². The Labute approximate surface area is 167 Å². The second-order valence-electron chi connectivity index (χ2n) is 6.52. The third kappa shape index (κ3) is 4.60. The zero-order chi connectivity index (χ0) is 21.0. The summed E-state index contributed by atoms with van der Waals surface area (Å²) in [5.74, 6) is -0.844. The van der Waals surface area contributed by atoms with Crippen molar-refractivity contribution >= 4 is 17.6 Å². The molecule has 1 aliphatic rings. The van der Waals surface area contributed by atoms with Gasteiger partial charge in [-0.05, 0) is 37.3 Å². The summed E-state index contributed by atoms with van der Waals surface area (Å²) in [5.41, 5.74) is 1.16. The Morgan fingerprint density at radius 1 is 1.14 bits per heavy atom. The molecule has 1 aromatic heterocycles. The Hall–Kier alpha value is -2.85. The molecular weight excluding hydrogens is 380 g/mol. The Bertz CT molecular complexity index is 871. The molecule has 0 unspecified atom stereocenters. The van der Waals surface area contributed by atoms with Crippen molar-refractivity contribution in [1.29, 1.82) is 0 Å². The van der Waals surface area contributed by atoms with Gasteiger partial charge in [0.25, 0.3) is 12.1 Å². The van der Waals surface area contributed by atoms with Gasteiger partial charge in [-0.25, -0.2) is 4.79 Å². The van der Waals surface area contributed by atoms with Crippen LogP contribution in [0.1, 0.15) is 33.9 Å². The van der Waals surface area contributed by atoms with Crippen molar-refractivity contribution in [2.45, 2.75) is 31.5 Å². The summed E-state index contributed by atoms with van der Waals surface area (Å²) >= 11 is 0. The van der Waals surface area contributed by atoms with E-state index in [4.69, 9.17) is 9.47 Å². The van der Waals surface area contributed by atoms with E-state index in [1.54, 1.807) is 49.5 Å². The van der Waals surface area contributed by atoms with E-state index < -0.39 is 43.0 Å². The molecule has 154 valence electrons. The fraction of sp³-hybridized carbons (Fsp3) is 0.350. The van der Waals surface area contributed by atoms with E-state index in [9.17, 15) is 24.9 Å². The molecule has 0 bridgehead atoms. The normalized spacial score (nSPS) is 23.6. The predicted molar refractivity (Wildman–Crippen MR) is 100.0 cm³/mol. The summed E-state index contributed by atoms with van der Waals surface area (Å²) in [5, 5.41) is 32.0. The summed E-state index contributed by atoms with van der Waals surface area (Å²) in [6.45, 7) is 1.57. The van der Waals surface area contributed by atoms with Gasteiger partial charge in [0.15, 0.2) is 18.5 Å². The Morgan fingerprint density at radius 3 is 2.48 bits per heavy atom. The van der Waals surface area contributed by atoms with Crippen molar-refractivity contribution < 1.29 is 38.9 Å². The van der Waals surface area contributed by atoms with E-state index in [1.807, 2.05) is 0 Å². The van der Waals surface area contributed by atoms with Gasteiger partial charge in [-0.3, -0.25) is 4.79 Å². The number of rotatable bonds is 6. The van der Waals surface area contributed by atoms with Gasteiger partial charge in [0.2, 0.25) is 0 Å². The van der Waals surface area contributed by atoms with Crippen molar-refractivity contribution in [3.63, 3.8) is 0 Å². The molecule has 2 aromatic rings. The number of amides is 1. The molecule has 4 atom stereocenters. The van der Waals surface area contributed by atoms with Crippen LogP contribution in [0.15, 0.2) is 48.8 Å². The lowest BCUT2D eigenvalue weighted by atomic mass is 10.1. The van der Waals surface area contributed by atoms with Gasteiger partial charge < -0.3 is 30.1 Å². The van der Waals surface area contributed by atoms with Gasteiger partial charge in [-0.15, -0.1) is 0 Å². The quantitative estimate of drug-likeness (QED) is 0.395. The molecule has 29 heavy (non-hydrogen) atoms. The highest BCUT2D eigenvalue weighted by Crippen LogP contribution is 2.25. The molecule has 1 amide bonds.